The van der Waals surface area contributed by atoms with E-state index in [1.807, 2.05) is 32.0 Å². The number of fused-ring (bicyclic) bond motifs is 1. The maximum atomic E-state index is 12.0. The lowest BCUT2D eigenvalue weighted by atomic mass is 10.1. The molecule has 2 aromatic rings. The van der Waals surface area contributed by atoms with Gasteiger partial charge in [0, 0.05) is 6.04 Å². The van der Waals surface area contributed by atoms with E-state index in [4.69, 9.17) is 16.3 Å². The van der Waals surface area contributed by atoms with Crippen LogP contribution in [0.1, 0.15) is 44.5 Å². The highest BCUT2D eigenvalue weighted by Gasteiger charge is 2.33. The van der Waals surface area contributed by atoms with Crippen molar-refractivity contribution in [3.05, 3.63) is 29.0 Å². The maximum absolute atomic E-state index is 12.0. The third kappa shape index (κ3) is 2.18. The molecule has 0 saturated heterocycles. The first-order valence-electron chi connectivity index (χ1n) is 6.96. The zero-order chi connectivity index (χ0) is 14.3. The molecule has 1 heterocycles. The van der Waals surface area contributed by atoms with Crippen LogP contribution in [0, 0.1) is 0 Å². The lowest BCUT2D eigenvalue weighted by Crippen LogP contribution is -2.17. The molecule has 106 valence electrons. The minimum atomic E-state index is -0.376. The first-order valence-corrected chi connectivity index (χ1v) is 7.34. The van der Waals surface area contributed by atoms with Gasteiger partial charge in [0.05, 0.1) is 22.7 Å². The first-order chi connectivity index (χ1) is 9.63. The number of imidazole rings is 1. The Kier molecular flexibility index (Phi) is 3.42. The highest BCUT2D eigenvalue weighted by Crippen LogP contribution is 2.42. The Bertz CT molecular complexity index is 661. The summed E-state index contributed by atoms with van der Waals surface area (Å²) in [5.41, 5.74) is 1.78. The summed E-state index contributed by atoms with van der Waals surface area (Å²) >= 11 is 6.32. The average Bonchev–Trinajstić information content (AvgIpc) is 3.19. The Morgan fingerprint density at radius 1 is 1.55 bits per heavy atom. The first kappa shape index (κ1) is 13.4. The minimum absolute atomic E-state index is 0.235. The zero-order valence-electron chi connectivity index (χ0n) is 11.6. The molecule has 4 nitrogen and oxygen atoms in total. The molecule has 0 radical (unpaired) electrons. The average molecular weight is 293 g/mol. The summed E-state index contributed by atoms with van der Waals surface area (Å²) < 4.78 is 7.24. The van der Waals surface area contributed by atoms with Crippen molar-refractivity contribution in [3.63, 3.8) is 0 Å². The van der Waals surface area contributed by atoms with E-state index < -0.39 is 0 Å². The third-order valence-electron chi connectivity index (χ3n) is 3.63. The lowest BCUT2D eigenvalue weighted by Gasteiger charge is -2.13. The van der Waals surface area contributed by atoms with E-state index in [0.717, 1.165) is 29.7 Å². The maximum Gasteiger partial charge on any atom is 0.316 e. The van der Waals surface area contributed by atoms with Gasteiger partial charge < -0.3 is 9.30 Å². The molecule has 1 aromatic heterocycles. The normalized spacial score (nSPS) is 16.4. The van der Waals surface area contributed by atoms with E-state index in [1.165, 1.54) is 0 Å². The summed E-state index contributed by atoms with van der Waals surface area (Å²) in [5.74, 6) is 0.147. The van der Waals surface area contributed by atoms with Gasteiger partial charge in [-0.05, 0) is 38.8 Å². The molecule has 0 bridgehead atoms. The fourth-order valence-electron chi connectivity index (χ4n) is 2.50. The van der Waals surface area contributed by atoms with Crippen LogP contribution in [-0.4, -0.2) is 22.1 Å². The molecule has 1 fully saturated rings. The molecule has 1 saturated carbocycles. The molecule has 1 aliphatic carbocycles. The Hall–Kier alpha value is -1.55. The van der Waals surface area contributed by atoms with Gasteiger partial charge in [-0.25, -0.2) is 4.98 Å². The predicted molar refractivity (Wildman–Crippen MR) is 78.1 cm³/mol. The van der Waals surface area contributed by atoms with Crippen LogP contribution in [0.4, 0.5) is 0 Å². The Morgan fingerprint density at radius 2 is 2.30 bits per heavy atom. The molecule has 3 rings (SSSR count). The smallest absolute Gasteiger partial charge is 0.316 e. The number of ether oxygens (including phenoxy) is 1. The van der Waals surface area contributed by atoms with Crippen molar-refractivity contribution in [2.24, 2.45) is 0 Å². The topological polar surface area (TPSA) is 44.1 Å². The third-order valence-corrected chi connectivity index (χ3v) is 3.93. The summed E-state index contributed by atoms with van der Waals surface area (Å²) in [5, 5.41) is 0.684. The highest BCUT2D eigenvalue weighted by atomic mass is 35.5. The number of rotatable bonds is 4. The number of carbonyl (C=O) groups is 1. The number of aromatic nitrogens is 2. The number of carbonyl (C=O) groups excluding carboxylic acids is 1. The number of esters is 1. The van der Waals surface area contributed by atoms with Crippen LogP contribution in [-0.2, 0) is 9.53 Å². The second-order valence-corrected chi connectivity index (χ2v) is 5.56. The second kappa shape index (κ2) is 5.09. The van der Waals surface area contributed by atoms with Crippen molar-refractivity contribution in [1.82, 2.24) is 9.55 Å². The fourth-order valence-corrected chi connectivity index (χ4v) is 2.77. The predicted octanol–water partition coefficient (Wildman–Crippen LogP) is 3.69. The molecule has 0 amide bonds. The van der Waals surface area contributed by atoms with E-state index >= 15 is 0 Å². The van der Waals surface area contributed by atoms with Crippen molar-refractivity contribution < 1.29 is 9.53 Å². The van der Waals surface area contributed by atoms with Crippen LogP contribution in [0.15, 0.2) is 18.2 Å². The number of hydrogen-bond donors (Lipinski definition) is 0. The summed E-state index contributed by atoms with van der Waals surface area (Å²) in [6.45, 7) is 4.03. The van der Waals surface area contributed by atoms with Crippen LogP contribution in [0.3, 0.4) is 0 Å². The molecule has 1 unspecified atom stereocenters. The van der Waals surface area contributed by atoms with Gasteiger partial charge >= 0.3 is 5.97 Å². The number of benzene rings is 1. The second-order valence-electron chi connectivity index (χ2n) is 5.15. The van der Waals surface area contributed by atoms with Gasteiger partial charge in [-0.2, -0.15) is 0 Å². The molecule has 1 atom stereocenters. The molecular weight excluding hydrogens is 276 g/mol. The molecule has 20 heavy (non-hydrogen) atoms. The number of halogens is 1. The van der Waals surface area contributed by atoms with E-state index in [9.17, 15) is 4.79 Å². The quantitative estimate of drug-likeness (QED) is 0.807. The Morgan fingerprint density at radius 3 is 2.95 bits per heavy atom. The fraction of sp³-hybridized carbons (Fsp3) is 0.467. The standard InChI is InChI=1S/C15H17ClN2O2/c1-3-20-15(19)9(2)14-17-12-6-4-5-11(16)13(12)18(14)10-7-8-10/h4-6,9-10H,3,7-8H2,1-2H3. The highest BCUT2D eigenvalue weighted by molar-refractivity contribution is 6.35. The van der Waals surface area contributed by atoms with Crippen molar-refractivity contribution >= 4 is 28.6 Å². The van der Waals surface area contributed by atoms with Gasteiger partial charge in [-0.15, -0.1) is 0 Å². The molecule has 1 aromatic carbocycles. The van der Waals surface area contributed by atoms with Crippen molar-refractivity contribution in [2.75, 3.05) is 6.61 Å². The van der Waals surface area contributed by atoms with E-state index in [0.29, 0.717) is 17.7 Å². The van der Waals surface area contributed by atoms with Gasteiger partial charge in [-0.1, -0.05) is 17.7 Å². The van der Waals surface area contributed by atoms with E-state index in [2.05, 4.69) is 9.55 Å². The molecule has 0 aliphatic heterocycles. The van der Waals surface area contributed by atoms with Gasteiger partial charge in [0.1, 0.15) is 11.7 Å². The van der Waals surface area contributed by atoms with Crippen LogP contribution in [0.5, 0.6) is 0 Å². The molecule has 0 N–H and O–H groups in total. The van der Waals surface area contributed by atoms with Gasteiger partial charge in [-0.3, -0.25) is 4.79 Å². The SMILES string of the molecule is CCOC(=O)C(C)c1nc2cccc(Cl)c2n1C1CC1. The monoisotopic (exact) mass is 292 g/mol. The number of nitrogens with zero attached hydrogens (tertiary/aromatic N) is 2. The van der Waals surface area contributed by atoms with Gasteiger partial charge in [0.25, 0.3) is 0 Å². The van der Waals surface area contributed by atoms with Crippen LogP contribution >= 0.6 is 11.6 Å². The summed E-state index contributed by atoms with van der Waals surface area (Å²) in [6.07, 6.45) is 2.22. The molecule has 0 spiro atoms. The Labute approximate surface area is 122 Å². The van der Waals surface area contributed by atoms with Crippen LogP contribution in [0.2, 0.25) is 5.02 Å². The summed E-state index contributed by atoms with van der Waals surface area (Å²) in [6, 6.07) is 6.09. The molecular formula is C15H17ClN2O2. The number of para-hydroxylation sites is 1. The summed E-state index contributed by atoms with van der Waals surface area (Å²) in [7, 11) is 0. The van der Waals surface area contributed by atoms with E-state index in [-0.39, 0.29) is 11.9 Å². The van der Waals surface area contributed by atoms with E-state index in [1.54, 1.807) is 0 Å². The lowest BCUT2D eigenvalue weighted by molar-refractivity contribution is -0.144. The summed E-state index contributed by atoms with van der Waals surface area (Å²) in [4.78, 5) is 16.6. The minimum Gasteiger partial charge on any atom is -0.465 e. The van der Waals surface area contributed by atoms with Crippen LogP contribution < -0.4 is 0 Å². The van der Waals surface area contributed by atoms with Crippen molar-refractivity contribution in [3.8, 4) is 0 Å². The molecule has 5 heteroatoms. The van der Waals surface area contributed by atoms with Gasteiger partial charge in [0.2, 0.25) is 0 Å². The van der Waals surface area contributed by atoms with Gasteiger partial charge in [0.15, 0.2) is 0 Å². The van der Waals surface area contributed by atoms with Crippen molar-refractivity contribution in [2.45, 2.75) is 38.6 Å². The Balaban J connectivity index is 2.13. The van der Waals surface area contributed by atoms with Crippen LogP contribution in [0.25, 0.3) is 11.0 Å². The zero-order valence-corrected chi connectivity index (χ0v) is 12.4. The molecule has 1 aliphatic rings. The number of hydrogen-bond acceptors (Lipinski definition) is 3. The van der Waals surface area contributed by atoms with Crippen molar-refractivity contribution in [1.29, 1.82) is 0 Å². The largest absolute Gasteiger partial charge is 0.465 e.